The molecule has 0 aliphatic carbocycles. The zero-order valence-corrected chi connectivity index (χ0v) is 14.7. The molecule has 24 heavy (non-hydrogen) atoms. The summed E-state index contributed by atoms with van der Waals surface area (Å²) >= 11 is 0. The van der Waals surface area contributed by atoms with E-state index >= 15 is 0 Å². The van der Waals surface area contributed by atoms with E-state index < -0.39 is 10.0 Å². The minimum absolute atomic E-state index is 0.221. The number of rotatable bonds is 2. The molecule has 1 amide bonds. The SMILES string of the molecule is Cc1cc(C(=O)N2CCCN(S(C)(=O)=O)c3ccccc32)nn1C. The van der Waals surface area contributed by atoms with E-state index in [0.717, 1.165) is 5.69 Å². The number of nitrogens with zero attached hydrogens (tertiary/aromatic N) is 4. The number of aromatic nitrogens is 2. The lowest BCUT2D eigenvalue weighted by atomic mass is 10.2. The highest BCUT2D eigenvalue weighted by Gasteiger charge is 2.30. The first kappa shape index (κ1) is 16.5. The largest absolute Gasteiger partial charge is 0.305 e. The van der Waals surface area contributed by atoms with Crippen molar-refractivity contribution in [3.05, 3.63) is 41.7 Å². The van der Waals surface area contributed by atoms with Crippen LogP contribution in [0.25, 0.3) is 0 Å². The molecule has 0 atom stereocenters. The molecule has 0 fully saturated rings. The van der Waals surface area contributed by atoms with Crippen LogP contribution in [-0.2, 0) is 17.1 Å². The fourth-order valence-electron chi connectivity index (χ4n) is 2.88. The first-order valence-corrected chi connectivity index (χ1v) is 9.53. The second-order valence-electron chi connectivity index (χ2n) is 5.93. The van der Waals surface area contributed by atoms with Gasteiger partial charge in [-0.3, -0.25) is 13.8 Å². The molecule has 0 radical (unpaired) electrons. The molecule has 1 aliphatic heterocycles. The van der Waals surface area contributed by atoms with Crippen LogP contribution in [0.2, 0.25) is 0 Å². The Bertz CT molecular complexity index is 869. The molecule has 8 heteroatoms. The predicted octanol–water partition coefficient (Wildman–Crippen LogP) is 1.55. The van der Waals surface area contributed by atoms with Gasteiger partial charge >= 0.3 is 0 Å². The van der Waals surface area contributed by atoms with Gasteiger partial charge < -0.3 is 4.90 Å². The molecular formula is C16H20N4O3S. The van der Waals surface area contributed by atoms with E-state index in [-0.39, 0.29) is 5.91 Å². The van der Waals surface area contributed by atoms with E-state index in [2.05, 4.69) is 5.10 Å². The van der Waals surface area contributed by atoms with Crippen molar-refractivity contribution in [2.24, 2.45) is 7.05 Å². The number of anilines is 2. The minimum atomic E-state index is -3.40. The number of carbonyl (C=O) groups excluding carboxylic acids is 1. The van der Waals surface area contributed by atoms with Crippen molar-refractivity contribution >= 4 is 27.3 Å². The Morgan fingerprint density at radius 2 is 1.83 bits per heavy atom. The number of hydrogen-bond acceptors (Lipinski definition) is 4. The van der Waals surface area contributed by atoms with E-state index in [0.29, 0.717) is 36.6 Å². The number of benzene rings is 1. The van der Waals surface area contributed by atoms with Crippen molar-refractivity contribution in [2.45, 2.75) is 13.3 Å². The predicted molar refractivity (Wildman–Crippen MR) is 92.9 cm³/mol. The molecule has 0 spiro atoms. The monoisotopic (exact) mass is 348 g/mol. The number of sulfonamides is 1. The third-order valence-electron chi connectivity index (χ3n) is 4.16. The van der Waals surface area contributed by atoms with Crippen molar-refractivity contribution in [3.63, 3.8) is 0 Å². The molecule has 0 N–H and O–H groups in total. The van der Waals surface area contributed by atoms with Crippen LogP contribution >= 0.6 is 0 Å². The lowest BCUT2D eigenvalue weighted by Gasteiger charge is -2.24. The Labute approximate surface area is 141 Å². The van der Waals surface area contributed by atoms with Crippen LogP contribution in [0.4, 0.5) is 11.4 Å². The van der Waals surface area contributed by atoms with Crippen LogP contribution in [0.1, 0.15) is 22.6 Å². The average molecular weight is 348 g/mol. The summed E-state index contributed by atoms with van der Waals surface area (Å²) in [4.78, 5) is 14.5. The maximum Gasteiger partial charge on any atom is 0.278 e. The molecule has 1 aliphatic rings. The summed E-state index contributed by atoms with van der Waals surface area (Å²) in [6.45, 7) is 2.67. The quantitative estimate of drug-likeness (QED) is 0.825. The van der Waals surface area contributed by atoms with Gasteiger partial charge in [0.25, 0.3) is 5.91 Å². The molecule has 2 aromatic rings. The summed E-state index contributed by atoms with van der Waals surface area (Å²) < 4.78 is 27.2. The lowest BCUT2D eigenvalue weighted by Crippen LogP contribution is -2.32. The highest BCUT2D eigenvalue weighted by atomic mass is 32.2. The van der Waals surface area contributed by atoms with E-state index in [4.69, 9.17) is 0 Å². The van der Waals surface area contributed by atoms with Crippen molar-refractivity contribution in [1.82, 2.24) is 9.78 Å². The van der Waals surface area contributed by atoms with Gasteiger partial charge in [0.1, 0.15) is 0 Å². The van der Waals surface area contributed by atoms with Gasteiger partial charge in [0.15, 0.2) is 5.69 Å². The van der Waals surface area contributed by atoms with Gasteiger partial charge in [0.2, 0.25) is 10.0 Å². The van der Waals surface area contributed by atoms with Crippen LogP contribution in [0.15, 0.2) is 30.3 Å². The van der Waals surface area contributed by atoms with E-state index in [1.807, 2.05) is 6.92 Å². The Morgan fingerprint density at radius 1 is 1.17 bits per heavy atom. The average Bonchev–Trinajstić information content (AvgIpc) is 2.75. The van der Waals surface area contributed by atoms with Gasteiger partial charge in [-0.05, 0) is 31.5 Å². The Balaban J connectivity index is 2.07. The zero-order chi connectivity index (χ0) is 17.5. The summed E-state index contributed by atoms with van der Waals surface area (Å²) in [7, 11) is -1.62. The van der Waals surface area contributed by atoms with Gasteiger partial charge in [-0.15, -0.1) is 0 Å². The molecule has 128 valence electrons. The zero-order valence-electron chi connectivity index (χ0n) is 13.9. The van der Waals surface area contributed by atoms with Gasteiger partial charge in [-0.25, -0.2) is 8.42 Å². The third kappa shape index (κ3) is 2.89. The third-order valence-corrected chi connectivity index (χ3v) is 5.34. The summed E-state index contributed by atoms with van der Waals surface area (Å²) in [5, 5.41) is 4.25. The molecule has 1 aromatic carbocycles. The van der Waals surface area contributed by atoms with Crippen LogP contribution in [0.5, 0.6) is 0 Å². The number of hydrogen-bond donors (Lipinski definition) is 0. The second kappa shape index (κ2) is 5.94. The molecule has 0 unspecified atom stereocenters. The fourth-order valence-corrected chi connectivity index (χ4v) is 3.85. The number of fused-ring (bicyclic) bond motifs is 1. The van der Waals surface area contributed by atoms with Gasteiger partial charge in [-0.1, -0.05) is 12.1 Å². The summed E-state index contributed by atoms with van der Waals surface area (Å²) in [5.74, 6) is -0.221. The van der Waals surface area contributed by atoms with E-state index in [1.165, 1.54) is 10.6 Å². The summed E-state index contributed by atoms with van der Waals surface area (Å²) in [5.41, 5.74) is 2.36. The van der Waals surface area contributed by atoms with Gasteiger partial charge in [0.05, 0.1) is 17.6 Å². The van der Waals surface area contributed by atoms with Crippen molar-refractivity contribution in [1.29, 1.82) is 0 Å². The highest BCUT2D eigenvalue weighted by molar-refractivity contribution is 7.92. The standard InChI is InChI=1S/C16H20N4O3S/c1-12-11-13(17-18(12)2)16(21)19-9-6-10-20(24(3,22)23)15-8-5-4-7-14(15)19/h4-5,7-8,11H,6,9-10H2,1-3H3. The topological polar surface area (TPSA) is 75.5 Å². The normalized spacial score (nSPS) is 15.1. The minimum Gasteiger partial charge on any atom is -0.305 e. The molecular weight excluding hydrogens is 328 g/mol. The number of carbonyl (C=O) groups is 1. The Kier molecular flexibility index (Phi) is 4.08. The molecule has 3 rings (SSSR count). The van der Waals surface area contributed by atoms with Crippen molar-refractivity contribution in [3.8, 4) is 0 Å². The summed E-state index contributed by atoms with van der Waals surface area (Å²) in [6.07, 6.45) is 1.74. The molecule has 1 aromatic heterocycles. The van der Waals surface area contributed by atoms with E-state index in [1.54, 1.807) is 47.0 Å². The molecule has 0 saturated heterocycles. The van der Waals surface area contributed by atoms with Gasteiger partial charge in [0, 0.05) is 25.8 Å². The maximum absolute atomic E-state index is 12.9. The summed E-state index contributed by atoms with van der Waals surface area (Å²) in [6, 6.07) is 8.81. The van der Waals surface area contributed by atoms with Crippen LogP contribution in [0.3, 0.4) is 0 Å². The number of para-hydroxylation sites is 2. The fraction of sp³-hybridized carbons (Fsp3) is 0.375. The maximum atomic E-state index is 12.9. The van der Waals surface area contributed by atoms with Crippen molar-refractivity contribution in [2.75, 3.05) is 28.6 Å². The van der Waals surface area contributed by atoms with Gasteiger partial charge in [-0.2, -0.15) is 5.10 Å². The van der Waals surface area contributed by atoms with Crippen molar-refractivity contribution < 1.29 is 13.2 Å². The van der Waals surface area contributed by atoms with Crippen LogP contribution in [-0.4, -0.2) is 43.5 Å². The smallest absolute Gasteiger partial charge is 0.278 e. The molecule has 0 bridgehead atoms. The Morgan fingerprint density at radius 3 is 2.42 bits per heavy atom. The molecule has 7 nitrogen and oxygen atoms in total. The molecule has 2 heterocycles. The van der Waals surface area contributed by atoms with Crippen LogP contribution < -0.4 is 9.21 Å². The lowest BCUT2D eigenvalue weighted by molar-refractivity contribution is 0.0982. The van der Waals surface area contributed by atoms with E-state index in [9.17, 15) is 13.2 Å². The number of aryl methyl sites for hydroxylation is 2. The first-order valence-electron chi connectivity index (χ1n) is 7.68. The van der Waals surface area contributed by atoms with Crippen LogP contribution in [0, 0.1) is 6.92 Å². The number of amides is 1. The first-order chi connectivity index (χ1) is 11.3. The second-order valence-corrected chi connectivity index (χ2v) is 7.84. The highest BCUT2D eigenvalue weighted by Crippen LogP contribution is 2.34. The Hall–Kier alpha value is -2.35. The molecule has 0 saturated carbocycles.